The fourth-order valence-electron chi connectivity index (χ4n) is 1.90. The van der Waals surface area contributed by atoms with Gasteiger partial charge in [0.2, 0.25) is 0 Å². The number of nitrogens with one attached hydrogen (secondary N) is 1. The zero-order chi connectivity index (χ0) is 13.5. The Morgan fingerprint density at radius 1 is 1.05 bits per heavy atom. The average molecular weight is 367 g/mol. The SMILES string of the molecule is COc1cccc(CCNCc2ccc(I)cc2)c1. The summed E-state index contributed by atoms with van der Waals surface area (Å²) < 4.78 is 6.50. The number of hydrogen-bond donors (Lipinski definition) is 1. The molecule has 0 aromatic heterocycles. The van der Waals surface area contributed by atoms with Gasteiger partial charge in [-0.2, -0.15) is 0 Å². The number of hydrogen-bond acceptors (Lipinski definition) is 2. The Kier molecular flexibility index (Phi) is 5.66. The molecule has 0 heterocycles. The molecule has 0 aliphatic heterocycles. The van der Waals surface area contributed by atoms with Gasteiger partial charge in [0, 0.05) is 10.1 Å². The third-order valence-electron chi connectivity index (χ3n) is 2.97. The van der Waals surface area contributed by atoms with Crippen LogP contribution >= 0.6 is 22.6 Å². The van der Waals surface area contributed by atoms with Crippen LogP contribution < -0.4 is 10.1 Å². The van der Waals surface area contributed by atoms with Crippen LogP contribution in [0.3, 0.4) is 0 Å². The Bertz CT molecular complexity index is 510. The number of rotatable bonds is 6. The van der Waals surface area contributed by atoms with Gasteiger partial charge >= 0.3 is 0 Å². The molecule has 2 rings (SSSR count). The summed E-state index contributed by atoms with van der Waals surface area (Å²) in [6.45, 7) is 1.89. The first-order valence-corrected chi connectivity index (χ1v) is 7.44. The van der Waals surface area contributed by atoms with E-state index >= 15 is 0 Å². The van der Waals surface area contributed by atoms with Crippen molar-refractivity contribution in [3.05, 3.63) is 63.2 Å². The van der Waals surface area contributed by atoms with Crippen LogP contribution in [-0.4, -0.2) is 13.7 Å². The molecule has 2 aromatic carbocycles. The first kappa shape index (κ1) is 14.3. The van der Waals surface area contributed by atoms with Gasteiger partial charge in [-0.05, 0) is 70.9 Å². The Hall–Kier alpha value is -1.07. The molecule has 0 radical (unpaired) electrons. The van der Waals surface area contributed by atoms with Gasteiger partial charge in [0.1, 0.15) is 5.75 Å². The minimum atomic E-state index is 0.918. The lowest BCUT2D eigenvalue weighted by Gasteiger charge is -2.07. The molecule has 0 unspecified atom stereocenters. The van der Waals surface area contributed by atoms with Crippen LogP contribution in [-0.2, 0) is 13.0 Å². The molecule has 0 aliphatic rings. The van der Waals surface area contributed by atoms with Crippen molar-refractivity contribution >= 4 is 22.6 Å². The van der Waals surface area contributed by atoms with E-state index < -0.39 is 0 Å². The molecule has 3 heteroatoms. The largest absolute Gasteiger partial charge is 0.497 e. The van der Waals surface area contributed by atoms with E-state index in [0.29, 0.717) is 0 Å². The van der Waals surface area contributed by atoms with E-state index in [1.54, 1.807) is 7.11 Å². The van der Waals surface area contributed by atoms with Crippen molar-refractivity contribution in [3.8, 4) is 5.75 Å². The molecular formula is C16H18INO. The van der Waals surface area contributed by atoms with Crippen LogP contribution in [0.1, 0.15) is 11.1 Å². The van der Waals surface area contributed by atoms with Crippen LogP contribution in [0.15, 0.2) is 48.5 Å². The molecule has 1 N–H and O–H groups in total. The highest BCUT2D eigenvalue weighted by Gasteiger charge is 1.97. The third kappa shape index (κ3) is 4.84. The minimum Gasteiger partial charge on any atom is -0.497 e. The van der Waals surface area contributed by atoms with Crippen LogP contribution in [0.2, 0.25) is 0 Å². The maximum absolute atomic E-state index is 5.22. The van der Waals surface area contributed by atoms with Gasteiger partial charge in [-0.1, -0.05) is 24.3 Å². The Balaban J connectivity index is 1.75. The number of methoxy groups -OCH3 is 1. The number of halogens is 1. The molecule has 0 spiro atoms. The molecule has 2 nitrogen and oxygen atoms in total. The maximum Gasteiger partial charge on any atom is 0.119 e. The lowest BCUT2D eigenvalue weighted by atomic mass is 10.1. The van der Waals surface area contributed by atoms with E-state index in [1.807, 2.05) is 12.1 Å². The molecule has 0 saturated carbocycles. The number of ether oxygens (including phenoxy) is 1. The highest BCUT2D eigenvalue weighted by Crippen LogP contribution is 2.12. The minimum absolute atomic E-state index is 0.918. The van der Waals surface area contributed by atoms with Gasteiger partial charge in [-0.3, -0.25) is 0 Å². The molecule has 0 fully saturated rings. The van der Waals surface area contributed by atoms with Crippen molar-refractivity contribution in [1.82, 2.24) is 5.32 Å². The first-order chi connectivity index (χ1) is 9.28. The van der Waals surface area contributed by atoms with Crippen LogP contribution in [0.4, 0.5) is 0 Å². The van der Waals surface area contributed by atoms with Crippen LogP contribution in [0, 0.1) is 3.57 Å². The monoisotopic (exact) mass is 367 g/mol. The van der Waals surface area contributed by atoms with Crippen molar-refractivity contribution in [1.29, 1.82) is 0 Å². The Morgan fingerprint density at radius 3 is 2.58 bits per heavy atom. The normalized spacial score (nSPS) is 10.4. The van der Waals surface area contributed by atoms with Gasteiger partial charge in [0.05, 0.1) is 7.11 Å². The lowest BCUT2D eigenvalue weighted by Crippen LogP contribution is -2.16. The number of benzene rings is 2. The molecule has 100 valence electrons. The standard InChI is InChI=1S/C16H18INO/c1-19-16-4-2-3-13(11-16)9-10-18-12-14-5-7-15(17)8-6-14/h2-8,11,18H,9-10,12H2,1H3. The predicted octanol–water partition coefficient (Wildman–Crippen LogP) is 3.63. The Labute approximate surface area is 128 Å². The van der Waals surface area contributed by atoms with Crippen molar-refractivity contribution in [2.24, 2.45) is 0 Å². The summed E-state index contributed by atoms with van der Waals surface area (Å²) >= 11 is 2.32. The summed E-state index contributed by atoms with van der Waals surface area (Å²) in [5, 5.41) is 3.46. The summed E-state index contributed by atoms with van der Waals surface area (Å²) in [6.07, 6.45) is 1.02. The fourth-order valence-corrected chi connectivity index (χ4v) is 2.26. The molecule has 0 atom stereocenters. The van der Waals surface area contributed by atoms with E-state index in [9.17, 15) is 0 Å². The van der Waals surface area contributed by atoms with Crippen molar-refractivity contribution in [3.63, 3.8) is 0 Å². The Morgan fingerprint density at radius 2 is 1.84 bits per heavy atom. The third-order valence-corrected chi connectivity index (χ3v) is 3.69. The molecule has 2 aromatic rings. The second-order valence-corrected chi connectivity index (χ2v) is 5.65. The molecular weight excluding hydrogens is 349 g/mol. The summed E-state index contributed by atoms with van der Waals surface area (Å²) in [6, 6.07) is 16.8. The van der Waals surface area contributed by atoms with Crippen LogP contribution in [0.5, 0.6) is 5.75 Å². The second-order valence-electron chi connectivity index (χ2n) is 4.40. The van der Waals surface area contributed by atoms with E-state index in [-0.39, 0.29) is 0 Å². The topological polar surface area (TPSA) is 21.3 Å². The van der Waals surface area contributed by atoms with Crippen molar-refractivity contribution < 1.29 is 4.74 Å². The smallest absolute Gasteiger partial charge is 0.119 e. The van der Waals surface area contributed by atoms with Crippen LogP contribution in [0.25, 0.3) is 0 Å². The first-order valence-electron chi connectivity index (χ1n) is 6.36. The summed E-state index contributed by atoms with van der Waals surface area (Å²) in [4.78, 5) is 0. The van der Waals surface area contributed by atoms with E-state index in [4.69, 9.17) is 4.74 Å². The van der Waals surface area contributed by atoms with Gasteiger partial charge in [0.15, 0.2) is 0 Å². The molecule has 0 amide bonds. The van der Waals surface area contributed by atoms with Crippen molar-refractivity contribution in [2.45, 2.75) is 13.0 Å². The van der Waals surface area contributed by atoms with E-state index in [2.05, 4.69) is 64.3 Å². The predicted molar refractivity (Wildman–Crippen MR) is 87.6 cm³/mol. The van der Waals surface area contributed by atoms with Crippen molar-refractivity contribution in [2.75, 3.05) is 13.7 Å². The molecule has 0 aliphatic carbocycles. The quantitative estimate of drug-likeness (QED) is 0.622. The van der Waals surface area contributed by atoms with Gasteiger partial charge in [-0.15, -0.1) is 0 Å². The lowest BCUT2D eigenvalue weighted by molar-refractivity contribution is 0.414. The summed E-state index contributed by atoms with van der Waals surface area (Å²) in [7, 11) is 1.70. The maximum atomic E-state index is 5.22. The zero-order valence-corrected chi connectivity index (χ0v) is 13.2. The van der Waals surface area contributed by atoms with E-state index in [1.165, 1.54) is 14.7 Å². The second kappa shape index (κ2) is 7.50. The molecule has 19 heavy (non-hydrogen) atoms. The molecule has 0 saturated heterocycles. The highest BCUT2D eigenvalue weighted by atomic mass is 127. The average Bonchev–Trinajstić information content (AvgIpc) is 2.46. The van der Waals surface area contributed by atoms with Gasteiger partial charge < -0.3 is 10.1 Å². The summed E-state index contributed by atoms with van der Waals surface area (Å²) in [5.41, 5.74) is 2.63. The zero-order valence-electron chi connectivity index (χ0n) is 11.0. The molecule has 0 bridgehead atoms. The summed E-state index contributed by atoms with van der Waals surface area (Å²) in [5.74, 6) is 0.926. The van der Waals surface area contributed by atoms with Gasteiger partial charge in [0.25, 0.3) is 0 Å². The fraction of sp³-hybridized carbons (Fsp3) is 0.250. The van der Waals surface area contributed by atoms with Gasteiger partial charge in [-0.25, -0.2) is 0 Å². The highest BCUT2D eigenvalue weighted by molar-refractivity contribution is 14.1. The van der Waals surface area contributed by atoms with E-state index in [0.717, 1.165) is 25.3 Å².